The Bertz CT molecular complexity index is 598. The van der Waals surface area contributed by atoms with Crippen molar-refractivity contribution in [3.05, 3.63) is 71.8 Å². The Morgan fingerprint density at radius 1 is 0.889 bits per heavy atom. The molecule has 2 aromatic rings. The van der Waals surface area contributed by atoms with E-state index < -0.39 is 0 Å². The monoisotopic (exact) mass is 235 g/mol. The number of anilines is 1. The van der Waals surface area contributed by atoms with Crippen molar-refractivity contribution in [2.45, 2.75) is 19.4 Å². The first-order chi connectivity index (χ1) is 8.69. The summed E-state index contributed by atoms with van der Waals surface area (Å²) in [6.45, 7) is 4.41. The van der Waals surface area contributed by atoms with Crippen LogP contribution in [-0.4, -0.2) is 0 Å². The highest BCUT2D eigenvalue weighted by Crippen LogP contribution is 2.38. The molecule has 1 heteroatoms. The molecular formula is C17H17N. The van der Waals surface area contributed by atoms with Crippen molar-refractivity contribution in [1.82, 2.24) is 0 Å². The van der Waals surface area contributed by atoms with Gasteiger partial charge in [0.15, 0.2) is 0 Å². The normalized spacial score (nSPS) is 21.8. The number of hydrogen-bond donors (Lipinski definition) is 1. The van der Waals surface area contributed by atoms with Crippen LogP contribution in [0.4, 0.5) is 5.69 Å². The molecule has 1 heterocycles. The smallest absolute Gasteiger partial charge is 0.0787 e. The van der Waals surface area contributed by atoms with Crippen LogP contribution in [0.1, 0.15) is 25.0 Å². The first kappa shape index (κ1) is 11.1. The fourth-order valence-electron chi connectivity index (χ4n) is 2.70. The molecule has 0 aromatic heterocycles. The molecule has 0 saturated carbocycles. The van der Waals surface area contributed by atoms with Crippen LogP contribution in [0, 0.1) is 0 Å². The van der Waals surface area contributed by atoms with Crippen LogP contribution in [0.3, 0.4) is 0 Å². The Morgan fingerprint density at radius 3 is 2.33 bits per heavy atom. The van der Waals surface area contributed by atoms with Crippen LogP contribution in [0.15, 0.2) is 60.7 Å². The standard InChI is InChI=1S/C17H17N/c1-13-12-17(2,14-8-4-3-5-9-14)18-16-11-7-6-10-15(13)16/h3-12,18H,1-2H3. The summed E-state index contributed by atoms with van der Waals surface area (Å²) in [7, 11) is 0. The first-order valence-corrected chi connectivity index (χ1v) is 6.32. The molecule has 1 aliphatic heterocycles. The third kappa shape index (κ3) is 1.72. The van der Waals surface area contributed by atoms with Crippen molar-refractivity contribution >= 4 is 11.3 Å². The summed E-state index contributed by atoms with van der Waals surface area (Å²) in [5, 5.41) is 3.64. The predicted octanol–water partition coefficient (Wildman–Crippen LogP) is 4.43. The molecule has 90 valence electrons. The van der Waals surface area contributed by atoms with Gasteiger partial charge in [0.2, 0.25) is 0 Å². The van der Waals surface area contributed by atoms with E-state index in [1.165, 1.54) is 22.4 Å². The highest BCUT2D eigenvalue weighted by molar-refractivity contribution is 5.80. The predicted molar refractivity (Wildman–Crippen MR) is 77.5 cm³/mol. The number of nitrogens with one attached hydrogen (secondary N) is 1. The molecule has 0 saturated heterocycles. The highest BCUT2D eigenvalue weighted by atomic mass is 15.0. The summed E-state index contributed by atoms with van der Waals surface area (Å²) >= 11 is 0. The molecule has 0 amide bonds. The van der Waals surface area contributed by atoms with Crippen molar-refractivity contribution in [1.29, 1.82) is 0 Å². The minimum absolute atomic E-state index is 0.125. The van der Waals surface area contributed by atoms with Crippen LogP contribution >= 0.6 is 0 Å². The molecule has 18 heavy (non-hydrogen) atoms. The molecule has 1 aliphatic rings. The van der Waals surface area contributed by atoms with Crippen LogP contribution in [0.5, 0.6) is 0 Å². The van der Waals surface area contributed by atoms with E-state index in [9.17, 15) is 0 Å². The largest absolute Gasteiger partial charge is 0.372 e. The Hall–Kier alpha value is -2.02. The van der Waals surface area contributed by atoms with Gasteiger partial charge in [-0.25, -0.2) is 0 Å². The SMILES string of the molecule is CC1=CC(C)(c2ccccc2)Nc2ccccc21. The lowest BCUT2D eigenvalue weighted by Crippen LogP contribution is -2.32. The van der Waals surface area contributed by atoms with Gasteiger partial charge in [0, 0.05) is 11.3 Å². The summed E-state index contributed by atoms with van der Waals surface area (Å²) in [5.74, 6) is 0. The van der Waals surface area contributed by atoms with Crippen LogP contribution < -0.4 is 5.32 Å². The fourth-order valence-corrected chi connectivity index (χ4v) is 2.70. The number of rotatable bonds is 1. The van der Waals surface area contributed by atoms with Gasteiger partial charge < -0.3 is 5.32 Å². The maximum absolute atomic E-state index is 3.64. The van der Waals surface area contributed by atoms with E-state index in [1.807, 2.05) is 0 Å². The minimum atomic E-state index is -0.125. The molecule has 1 nitrogen and oxygen atoms in total. The zero-order valence-corrected chi connectivity index (χ0v) is 10.8. The lowest BCUT2D eigenvalue weighted by Gasteiger charge is -2.35. The Kier molecular flexibility index (Phi) is 2.48. The maximum atomic E-state index is 3.64. The first-order valence-electron chi connectivity index (χ1n) is 6.32. The van der Waals surface area contributed by atoms with Crippen molar-refractivity contribution in [2.75, 3.05) is 5.32 Å². The number of allylic oxidation sites excluding steroid dienone is 1. The lowest BCUT2D eigenvalue weighted by molar-refractivity contribution is 0.684. The molecule has 1 N–H and O–H groups in total. The molecule has 0 spiro atoms. The van der Waals surface area contributed by atoms with Gasteiger partial charge in [-0.1, -0.05) is 54.6 Å². The second kappa shape index (κ2) is 4.02. The number of fused-ring (bicyclic) bond motifs is 1. The van der Waals surface area contributed by atoms with Gasteiger partial charge in [0.05, 0.1) is 5.54 Å². The van der Waals surface area contributed by atoms with E-state index in [0.717, 1.165) is 0 Å². The number of para-hydroxylation sites is 1. The highest BCUT2D eigenvalue weighted by Gasteiger charge is 2.28. The van der Waals surface area contributed by atoms with Crippen LogP contribution in [0.2, 0.25) is 0 Å². The molecule has 0 aliphatic carbocycles. The third-order valence-electron chi connectivity index (χ3n) is 3.62. The van der Waals surface area contributed by atoms with Crippen molar-refractivity contribution in [2.24, 2.45) is 0 Å². The fraction of sp³-hybridized carbons (Fsp3) is 0.176. The van der Waals surface area contributed by atoms with E-state index in [4.69, 9.17) is 0 Å². The molecular weight excluding hydrogens is 218 g/mol. The minimum Gasteiger partial charge on any atom is -0.372 e. The molecule has 0 fully saturated rings. The maximum Gasteiger partial charge on any atom is 0.0787 e. The van der Waals surface area contributed by atoms with Gasteiger partial charge in [-0.2, -0.15) is 0 Å². The van der Waals surface area contributed by atoms with Crippen molar-refractivity contribution in [3.63, 3.8) is 0 Å². The summed E-state index contributed by atoms with van der Waals surface area (Å²) in [5.41, 5.74) is 5.00. The van der Waals surface area contributed by atoms with Crippen LogP contribution in [-0.2, 0) is 5.54 Å². The second-order valence-corrected chi connectivity index (χ2v) is 5.07. The third-order valence-corrected chi connectivity index (χ3v) is 3.62. The van der Waals surface area contributed by atoms with E-state index in [2.05, 4.69) is 79.8 Å². The number of benzene rings is 2. The molecule has 1 unspecified atom stereocenters. The van der Waals surface area contributed by atoms with Gasteiger partial charge in [0.25, 0.3) is 0 Å². The van der Waals surface area contributed by atoms with Gasteiger partial charge in [-0.3, -0.25) is 0 Å². The zero-order valence-electron chi connectivity index (χ0n) is 10.8. The van der Waals surface area contributed by atoms with E-state index >= 15 is 0 Å². The van der Waals surface area contributed by atoms with Gasteiger partial charge >= 0.3 is 0 Å². The zero-order chi connectivity index (χ0) is 12.6. The van der Waals surface area contributed by atoms with E-state index in [1.54, 1.807) is 0 Å². The van der Waals surface area contributed by atoms with E-state index in [-0.39, 0.29) is 5.54 Å². The van der Waals surface area contributed by atoms with E-state index in [0.29, 0.717) is 0 Å². The Labute approximate surface area is 108 Å². The lowest BCUT2D eigenvalue weighted by atomic mass is 9.84. The Balaban J connectivity index is 2.11. The molecule has 0 radical (unpaired) electrons. The summed E-state index contributed by atoms with van der Waals surface area (Å²) < 4.78 is 0. The molecule has 2 aromatic carbocycles. The molecule has 3 rings (SSSR count). The number of hydrogen-bond acceptors (Lipinski definition) is 1. The van der Waals surface area contributed by atoms with Crippen molar-refractivity contribution < 1.29 is 0 Å². The summed E-state index contributed by atoms with van der Waals surface area (Å²) in [6.07, 6.45) is 2.31. The second-order valence-electron chi connectivity index (χ2n) is 5.07. The summed E-state index contributed by atoms with van der Waals surface area (Å²) in [6, 6.07) is 19.1. The average molecular weight is 235 g/mol. The molecule has 1 atom stereocenters. The Morgan fingerprint density at radius 2 is 1.56 bits per heavy atom. The van der Waals surface area contributed by atoms with Crippen LogP contribution in [0.25, 0.3) is 5.57 Å². The van der Waals surface area contributed by atoms with Gasteiger partial charge in [-0.15, -0.1) is 0 Å². The van der Waals surface area contributed by atoms with Gasteiger partial charge in [0.1, 0.15) is 0 Å². The molecule has 0 bridgehead atoms. The topological polar surface area (TPSA) is 12.0 Å². The quantitative estimate of drug-likeness (QED) is 0.771. The average Bonchev–Trinajstić information content (AvgIpc) is 2.40. The van der Waals surface area contributed by atoms with Gasteiger partial charge in [-0.05, 0) is 31.1 Å². The van der Waals surface area contributed by atoms with Crippen molar-refractivity contribution in [3.8, 4) is 0 Å². The summed E-state index contributed by atoms with van der Waals surface area (Å²) in [4.78, 5) is 0.